The number of Topliss-reactive ketones (excluding diaryl/α,β-unsaturated/α-hetero) is 1. The molecule has 6 aliphatic rings. The second kappa shape index (κ2) is 30.0. The third-order valence-corrected chi connectivity index (χ3v) is 14.8. The summed E-state index contributed by atoms with van der Waals surface area (Å²) in [5.74, 6) is 0.565. The van der Waals surface area contributed by atoms with E-state index in [9.17, 15) is 29.1 Å². The van der Waals surface area contributed by atoms with Crippen LogP contribution in [0.5, 0.6) is 0 Å². The first-order chi connectivity index (χ1) is 39.1. The lowest BCUT2D eigenvalue weighted by Crippen LogP contribution is -2.62. The predicted molar refractivity (Wildman–Crippen MR) is 327 cm³/mol. The smallest absolute Gasteiger partial charge is 0.411 e. The average molecular weight is 1200 g/mol. The maximum Gasteiger partial charge on any atom is 0.411 e. The maximum atomic E-state index is 12.4. The lowest BCUT2D eigenvalue weighted by atomic mass is 9.85. The minimum absolute atomic E-state index is 0. The number of nitriles is 1. The molecule has 10 rings (SSSR count). The van der Waals surface area contributed by atoms with Gasteiger partial charge in [0.15, 0.2) is 12.0 Å². The Morgan fingerprint density at radius 1 is 0.553 bits per heavy atom. The van der Waals surface area contributed by atoms with Crippen LogP contribution in [0.1, 0.15) is 105 Å². The Labute approximate surface area is 510 Å². The molecular weight excluding hydrogens is 1110 g/mol. The zero-order valence-electron chi connectivity index (χ0n) is 51.1. The zero-order valence-corrected chi connectivity index (χ0v) is 51.9. The van der Waals surface area contributed by atoms with Gasteiger partial charge in [-0.2, -0.15) is 5.26 Å². The number of carbonyl (C=O) groups is 5. The number of carbonyl (C=O) groups excluding carboxylic acids is 5. The molecule has 4 aromatic carbocycles. The SMILES string of the molecule is C.CC(C)(C)OC(=O)N1CC(=O)C1.CC(C)(C)OC(=O)N1CC(O)(c2ccccc2)C1.COC1(c2ccccc2)CN(C(=O)C[C@@H]2CCN(C#N)C2)C1.COC1(c2ccccc2)CN(C(=O)OC(C)(C)C)C1.COC1(c2ccccc2)CNC1.Cl. The molecule has 6 heterocycles. The Bertz CT molecular complexity index is 2790. The molecule has 466 valence electrons. The van der Waals surface area contributed by atoms with Crippen LogP contribution in [0.2, 0.25) is 0 Å². The van der Waals surface area contributed by atoms with E-state index in [-0.39, 0.29) is 81.1 Å². The van der Waals surface area contributed by atoms with Gasteiger partial charge in [-0.3, -0.25) is 14.5 Å². The number of nitrogens with one attached hydrogen (secondary N) is 1. The standard InChI is InChI=1S/C17H21N3O2.C15H21NO3.C14H19NO3.C10H13NO.C8H13NO3.CH4.ClH/c1-22-17(15-5-3-2-4-6-15)11-20(12-17)16(21)9-14-7-8-19(10-14)13-18;1-14(2,3)19-13(17)16-10-15(11-16,18-4)12-8-6-5-7-9-12;1-13(2,3)18-12(16)15-9-14(17,10-15)11-7-5-4-6-8-11;1-12-10(7-11-8-10)9-5-3-2-4-6-9;1-8(2,3)12-7(11)9-4-6(10)5-9;;/h2-6,14H,7-12H2,1H3;5-9H,10-11H2,1-4H3;4-8,17H,9-10H2,1-3H3;2-6,11H,7-8H2,1H3;4-5H2,1-3H3;1H4;1H/t14-;;;;;;/m0....../s1. The highest BCUT2D eigenvalue weighted by molar-refractivity contribution is 5.94. The van der Waals surface area contributed by atoms with Crippen LogP contribution in [-0.4, -0.2) is 176 Å². The number of amides is 4. The maximum absolute atomic E-state index is 12.4. The topological polar surface area (TPSA) is 213 Å². The van der Waals surface area contributed by atoms with E-state index in [2.05, 4.69) is 35.8 Å². The summed E-state index contributed by atoms with van der Waals surface area (Å²) in [5.41, 5.74) is 1.15. The summed E-state index contributed by atoms with van der Waals surface area (Å²) in [6, 6.07) is 39.8. The highest BCUT2D eigenvalue weighted by atomic mass is 35.5. The number of halogens is 1. The molecule has 6 aliphatic heterocycles. The molecule has 0 saturated carbocycles. The molecule has 0 bridgehead atoms. The quantitative estimate of drug-likeness (QED) is 0.118. The fourth-order valence-electron chi connectivity index (χ4n) is 9.95. The van der Waals surface area contributed by atoms with E-state index in [4.69, 9.17) is 33.7 Å². The minimum atomic E-state index is -0.932. The van der Waals surface area contributed by atoms with Gasteiger partial charge in [-0.15, -0.1) is 12.4 Å². The van der Waals surface area contributed by atoms with Crippen LogP contribution in [0.4, 0.5) is 14.4 Å². The molecule has 6 saturated heterocycles. The second-order valence-corrected chi connectivity index (χ2v) is 24.9. The highest BCUT2D eigenvalue weighted by Gasteiger charge is 2.50. The molecule has 4 amide bonds. The van der Waals surface area contributed by atoms with E-state index in [1.165, 1.54) is 15.4 Å². The number of methoxy groups -OCH3 is 3. The van der Waals surface area contributed by atoms with Gasteiger partial charge >= 0.3 is 18.3 Å². The second-order valence-electron chi connectivity index (χ2n) is 24.9. The van der Waals surface area contributed by atoms with Crippen LogP contribution in [0, 0.1) is 17.4 Å². The van der Waals surface area contributed by atoms with E-state index in [0.29, 0.717) is 45.1 Å². The van der Waals surface area contributed by atoms with Gasteiger partial charge in [-0.1, -0.05) is 129 Å². The van der Waals surface area contributed by atoms with Crippen LogP contribution in [0.25, 0.3) is 0 Å². The van der Waals surface area contributed by atoms with Gasteiger partial charge in [0.2, 0.25) is 5.91 Å². The summed E-state index contributed by atoms with van der Waals surface area (Å²) >= 11 is 0. The summed E-state index contributed by atoms with van der Waals surface area (Å²) < 4.78 is 32.4. The van der Waals surface area contributed by atoms with Crippen LogP contribution in [-0.2, 0) is 60.4 Å². The van der Waals surface area contributed by atoms with Gasteiger partial charge in [0.1, 0.15) is 39.2 Å². The van der Waals surface area contributed by atoms with Crippen LogP contribution in [0.3, 0.4) is 0 Å². The van der Waals surface area contributed by atoms with E-state index in [1.807, 2.05) is 144 Å². The summed E-state index contributed by atoms with van der Waals surface area (Å²) in [7, 11) is 5.16. The van der Waals surface area contributed by atoms with Crippen molar-refractivity contribution in [3.8, 4) is 6.19 Å². The molecule has 2 N–H and O–H groups in total. The van der Waals surface area contributed by atoms with Crippen LogP contribution >= 0.6 is 12.4 Å². The van der Waals surface area contributed by atoms with Gasteiger partial charge in [0.05, 0.1) is 52.4 Å². The van der Waals surface area contributed by atoms with Crippen molar-refractivity contribution in [2.45, 2.75) is 122 Å². The van der Waals surface area contributed by atoms with Crippen molar-refractivity contribution < 1.29 is 57.5 Å². The number of nitrogens with zero attached hydrogens (tertiary/aromatic N) is 6. The van der Waals surface area contributed by atoms with Crippen molar-refractivity contribution in [3.05, 3.63) is 144 Å². The molecule has 1 atom stereocenters. The molecule has 0 aliphatic carbocycles. The molecule has 4 aromatic rings. The van der Waals surface area contributed by atoms with E-state index >= 15 is 0 Å². The Morgan fingerprint density at radius 2 is 0.894 bits per heavy atom. The lowest BCUT2D eigenvalue weighted by Gasteiger charge is -2.49. The van der Waals surface area contributed by atoms with Crippen molar-refractivity contribution in [3.63, 3.8) is 0 Å². The first-order valence-corrected chi connectivity index (χ1v) is 28.3. The normalized spacial score (nSPS) is 19.0. The molecule has 0 unspecified atom stereocenters. The van der Waals surface area contributed by atoms with E-state index in [0.717, 1.165) is 42.7 Å². The molecule has 20 heteroatoms. The van der Waals surface area contributed by atoms with Crippen molar-refractivity contribution in [1.82, 2.24) is 29.8 Å². The largest absolute Gasteiger partial charge is 0.444 e. The van der Waals surface area contributed by atoms with Crippen molar-refractivity contribution in [2.24, 2.45) is 5.92 Å². The molecule has 0 radical (unpaired) electrons. The van der Waals surface area contributed by atoms with Gasteiger partial charge in [0.25, 0.3) is 0 Å². The first-order valence-electron chi connectivity index (χ1n) is 28.3. The predicted octanol–water partition coefficient (Wildman–Crippen LogP) is 9.46. The number of ketones is 1. The monoisotopic (exact) mass is 1200 g/mol. The fourth-order valence-corrected chi connectivity index (χ4v) is 9.95. The summed E-state index contributed by atoms with van der Waals surface area (Å²) in [6.07, 6.45) is 2.57. The molecular formula is C65H92ClN7O12. The third kappa shape index (κ3) is 19.4. The highest BCUT2D eigenvalue weighted by Crippen LogP contribution is 2.38. The Morgan fingerprint density at radius 3 is 1.21 bits per heavy atom. The molecule has 0 aromatic heterocycles. The summed E-state index contributed by atoms with van der Waals surface area (Å²) in [5, 5.41) is 22.5. The van der Waals surface area contributed by atoms with Crippen molar-refractivity contribution in [2.75, 3.05) is 99.9 Å². The van der Waals surface area contributed by atoms with Crippen molar-refractivity contribution >= 4 is 42.4 Å². The molecule has 6 fully saturated rings. The van der Waals surface area contributed by atoms with Gasteiger partial charge in [-0.25, -0.2) is 14.4 Å². The molecule has 19 nitrogen and oxygen atoms in total. The summed E-state index contributed by atoms with van der Waals surface area (Å²) in [6.45, 7) is 23.1. The Hall–Kier alpha value is -6.79. The zero-order chi connectivity index (χ0) is 60.9. The van der Waals surface area contributed by atoms with Gasteiger partial charge in [0, 0.05) is 53.9 Å². The fraction of sp³-hybridized carbons (Fsp3) is 0.538. The Kier molecular flexibility index (Phi) is 25.0. The molecule has 85 heavy (non-hydrogen) atoms. The van der Waals surface area contributed by atoms with Gasteiger partial charge < -0.3 is 58.4 Å². The number of hydrogen-bond acceptors (Lipinski definition) is 15. The number of ether oxygens (including phenoxy) is 6. The number of β-amino-alcohol motifs (C(OH)–C–C–N with tert-alkyl or cyclic N) is 1. The average Bonchev–Trinajstić information content (AvgIpc) is 1.56. The number of aliphatic hydroxyl groups is 1. The van der Waals surface area contributed by atoms with Crippen LogP contribution in [0.15, 0.2) is 121 Å². The van der Waals surface area contributed by atoms with E-state index in [1.54, 1.807) is 51.9 Å². The lowest BCUT2D eigenvalue weighted by molar-refractivity contribution is -0.165. The van der Waals surface area contributed by atoms with Gasteiger partial charge in [-0.05, 0) is 96.9 Å². The Balaban J connectivity index is 0.000000231. The number of likely N-dealkylation sites (tertiary alicyclic amines) is 5. The first kappa shape index (κ1) is 70.7. The minimum Gasteiger partial charge on any atom is -0.444 e. The number of benzene rings is 4. The van der Waals surface area contributed by atoms with Crippen molar-refractivity contribution in [1.29, 1.82) is 5.26 Å². The molecule has 0 spiro atoms. The van der Waals surface area contributed by atoms with E-state index < -0.39 is 34.1 Å². The van der Waals surface area contributed by atoms with Crippen LogP contribution < -0.4 is 5.32 Å². The number of rotatable bonds is 9. The third-order valence-electron chi connectivity index (χ3n) is 14.8. The number of hydrogen-bond donors (Lipinski definition) is 2. The summed E-state index contributed by atoms with van der Waals surface area (Å²) in [4.78, 5) is 65.9.